The summed E-state index contributed by atoms with van der Waals surface area (Å²) in [4.78, 5) is 2.09. The van der Waals surface area contributed by atoms with Crippen molar-refractivity contribution in [3.8, 4) is 0 Å². The highest BCUT2D eigenvalue weighted by molar-refractivity contribution is 5.61. The van der Waals surface area contributed by atoms with Crippen LogP contribution in [0.25, 0.3) is 0 Å². The molecule has 0 fully saturated rings. The van der Waals surface area contributed by atoms with Crippen LogP contribution in [0.2, 0.25) is 0 Å². The Hall–Kier alpha value is -2.03. The number of hydrogen-bond acceptors (Lipinski definition) is 2. The molecular formula is C17H21FN2. The van der Waals surface area contributed by atoms with E-state index in [-0.39, 0.29) is 5.82 Å². The smallest absolute Gasteiger partial charge is 0.126 e. The molecule has 2 aromatic rings. The van der Waals surface area contributed by atoms with Crippen LogP contribution in [0.3, 0.4) is 0 Å². The van der Waals surface area contributed by atoms with Gasteiger partial charge in [0.15, 0.2) is 0 Å². The highest BCUT2D eigenvalue weighted by atomic mass is 19.1. The van der Waals surface area contributed by atoms with E-state index in [9.17, 15) is 4.39 Å². The van der Waals surface area contributed by atoms with Gasteiger partial charge in [0.25, 0.3) is 0 Å². The van der Waals surface area contributed by atoms with Gasteiger partial charge in [-0.05, 0) is 48.7 Å². The van der Waals surface area contributed by atoms with E-state index in [4.69, 9.17) is 0 Å². The molecule has 0 atom stereocenters. The predicted octanol–water partition coefficient (Wildman–Crippen LogP) is 4.12. The van der Waals surface area contributed by atoms with Crippen LogP contribution >= 0.6 is 0 Å². The highest BCUT2D eigenvalue weighted by Gasteiger charge is 2.03. The Morgan fingerprint density at radius 3 is 2.35 bits per heavy atom. The van der Waals surface area contributed by atoms with Crippen molar-refractivity contribution >= 4 is 11.4 Å². The normalized spacial score (nSPS) is 10.4. The van der Waals surface area contributed by atoms with Gasteiger partial charge in [-0.1, -0.05) is 18.2 Å². The predicted molar refractivity (Wildman–Crippen MR) is 84.0 cm³/mol. The van der Waals surface area contributed by atoms with Gasteiger partial charge >= 0.3 is 0 Å². The van der Waals surface area contributed by atoms with Crippen molar-refractivity contribution in [2.75, 3.05) is 24.3 Å². The molecule has 0 aliphatic heterocycles. The Labute approximate surface area is 120 Å². The van der Waals surface area contributed by atoms with Crippen molar-refractivity contribution < 1.29 is 4.39 Å². The van der Waals surface area contributed by atoms with Crippen LogP contribution in [0.4, 0.5) is 15.8 Å². The van der Waals surface area contributed by atoms with E-state index in [0.29, 0.717) is 12.1 Å². The molecular weight excluding hydrogens is 251 g/mol. The molecule has 106 valence electrons. The van der Waals surface area contributed by atoms with Crippen molar-refractivity contribution in [2.45, 2.75) is 20.4 Å². The zero-order valence-corrected chi connectivity index (χ0v) is 12.5. The molecule has 0 aliphatic rings. The molecule has 0 spiro atoms. The Morgan fingerprint density at radius 1 is 1.00 bits per heavy atom. The summed E-state index contributed by atoms with van der Waals surface area (Å²) in [6, 6.07) is 11.6. The number of anilines is 2. The van der Waals surface area contributed by atoms with E-state index in [1.165, 1.54) is 11.3 Å². The third kappa shape index (κ3) is 3.29. The minimum atomic E-state index is -0.151. The van der Waals surface area contributed by atoms with E-state index in [1.807, 2.05) is 32.3 Å². The van der Waals surface area contributed by atoms with Gasteiger partial charge in [-0.3, -0.25) is 0 Å². The third-order valence-corrected chi connectivity index (χ3v) is 3.42. The first-order valence-corrected chi connectivity index (χ1v) is 6.74. The van der Waals surface area contributed by atoms with Crippen LogP contribution in [0.1, 0.15) is 16.7 Å². The second-order valence-corrected chi connectivity index (χ2v) is 5.33. The molecule has 2 rings (SSSR count). The number of nitrogens with zero attached hydrogens (tertiary/aromatic N) is 1. The van der Waals surface area contributed by atoms with Gasteiger partial charge in [-0.25, -0.2) is 4.39 Å². The maximum Gasteiger partial charge on any atom is 0.126 e. The molecule has 0 radical (unpaired) electrons. The molecule has 0 aromatic heterocycles. The first-order chi connectivity index (χ1) is 9.47. The standard InChI is InChI=1S/C17H21FN2/c1-12-5-7-14(9-16(12)18)11-19-15-8-6-13(2)17(10-15)20(3)4/h5-10,19H,11H2,1-4H3. The summed E-state index contributed by atoms with van der Waals surface area (Å²) in [6.07, 6.45) is 0. The quantitative estimate of drug-likeness (QED) is 0.900. The molecule has 0 saturated heterocycles. The van der Waals surface area contributed by atoms with E-state index in [1.54, 1.807) is 13.0 Å². The molecule has 1 N–H and O–H groups in total. The maximum absolute atomic E-state index is 13.5. The zero-order valence-electron chi connectivity index (χ0n) is 12.5. The third-order valence-electron chi connectivity index (χ3n) is 3.42. The van der Waals surface area contributed by atoms with E-state index in [0.717, 1.165) is 11.3 Å². The van der Waals surface area contributed by atoms with Crippen molar-refractivity contribution in [1.29, 1.82) is 0 Å². The highest BCUT2D eigenvalue weighted by Crippen LogP contribution is 2.23. The number of aryl methyl sites for hydroxylation is 2. The lowest BCUT2D eigenvalue weighted by atomic mass is 10.1. The first-order valence-electron chi connectivity index (χ1n) is 6.74. The molecule has 0 bridgehead atoms. The fourth-order valence-electron chi connectivity index (χ4n) is 2.15. The Kier molecular flexibility index (Phi) is 4.28. The summed E-state index contributed by atoms with van der Waals surface area (Å²) in [5.74, 6) is -0.151. The SMILES string of the molecule is Cc1ccc(CNc2ccc(C)c(N(C)C)c2)cc1F. The summed E-state index contributed by atoms with van der Waals surface area (Å²) < 4.78 is 13.5. The number of halogens is 1. The summed E-state index contributed by atoms with van der Waals surface area (Å²) in [7, 11) is 4.06. The molecule has 20 heavy (non-hydrogen) atoms. The van der Waals surface area contributed by atoms with Gasteiger partial charge < -0.3 is 10.2 Å². The lowest BCUT2D eigenvalue weighted by Gasteiger charge is -2.17. The molecule has 0 aliphatic carbocycles. The minimum Gasteiger partial charge on any atom is -0.381 e. The Morgan fingerprint density at radius 2 is 1.70 bits per heavy atom. The largest absolute Gasteiger partial charge is 0.381 e. The lowest BCUT2D eigenvalue weighted by molar-refractivity contribution is 0.616. The zero-order chi connectivity index (χ0) is 14.7. The van der Waals surface area contributed by atoms with Gasteiger partial charge in [0.1, 0.15) is 5.82 Å². The van der Waals surface area contributed by atoms with Gasteiger partial charge in [-0.2, -0.15) is 0 Å². The van der Waals surface area contributed by atoms with Gasteiger partial charge in [0, 0.05) is 32.0 Å². The lowest BCUT2D eigenvalue weighted by Crippen LogP contribution is -2.11. The summed E-state index contributed by atoms with van der Waals surface area (Å²) >= 11 is 0. The fourth-order valence-corrected chi connectivity index (χ4v) is 2.15. The molecule has 3 heteroatoms. The monoisotopic (exact) mass is 272 g/mol. The average molecular weight is 272 g/mol. The Balaban J connectivity index is 2.10. The van der Waals surface area contributed by atoms with E-state index in [2.05, 4.69) is 29.3 Å². The van der Waals surface area contributed by atoms with Crippen molar-refractivity contribution in [3.63, 3.8) is 0 Å². The van der Waals surface area contributed by atoms with Crippen molar-refractivity contribution in [2.24, 2.45) is 0 Å². The summed E-state index contributed by atoms with van der Waals surface area (Å²) in [5, 5.41) is 3.34. The Bertz CT molecular complexity index is 606. The van der Waals surface area contributed by atoms with Crippen molar-refractivity contribution in [1.82, 2.24) is 0 Å². The van der Waals surface area contributed by atoms with E-state index < -0.39 is 0 Å². The molecule has 2 nitrogen and oxygen atoms in total. The number of rotatable bonds is 4. The number of hydrogen-bond donors (Lipinski definition) is 1. The molecule has 0 heterocycles. The second kappa shape index (κ2) is 5.95. The van der Waals surface area contributed by atoms with Crippen LogP contribution in [0, 0.1) is 19.7 Å². The fraction of sp³-hybridized carbons (Fsp3) is 0.294. The average Bonchev–Trinajstić information content (AvgIpc) is 2.41. The van der Waals surface area contributed by atoms with Crippen LogP contribution in [-0.2, 0) is 6.54 Å². The van der Waals surface area contributed by atoms with Crippen LogP contribution in [0.5, 0.6) is 0 Å². The minimum absolute atomic E-state index is 0.151. The topological polar surface area (TPSA) is 15.3 Å². The maximum atomic E-state index is 13.5. The van der Waals surface area contributed by atoms with Crippen molar-refractivity contribution in [3.05, 3.63) is 58.9 Å². The summed E-state index contributed by atoms with van der Waals surface area (Å²) in [6.45, 7) is 4.48. The molecule has 2 aromatic carbocycles. The van der Waals surface area contributed by atoms with Gasteiger partial charge in [0.05, 0.1) is 0 Å². The molecule has 0 saturated carbocycles. The van der Waals surface area contributed by atoms with Gasteiger partial charge in [-0.15, -0.1) is 0 Å². The molecule has 0 unspecified atom stereocenters. The molecule has 0 amide bonds. The number of benzene rings is 2. The van der Waals surface area contributed by atoms with Gasteiger partial charge in [0.2, 0.25) is 0 Å². The number of nitrogens with one attached hydrogen (secondary N) is 1. The van der Waals surface area contributed by atoms with Crippen LogP contribution < -0.4 is 10.2 Å². The van der Waals surface area contributed by atoms with E-state index >= 15 is 0 Å². The van der Waals surface area contributed by atoms with Crippen LogP contribution in [0.15, 0.2) is 36.4 Å². The second-order valence-electron chi connectivity index (χ2n) is 5.33. The first kappa shape index (κ1) is 14.4. The summed E-state index contributed by atoms with van der Waals surface area (Å²) in [5.41, 5.74) is 5.09. The van der Waals surface area contributed by atoms with Crippen LogP contribution in [-0.4, -0.2) is 14.1 Å².